The second kappa shape index (κ2) is 8.64. The van der Waals surface area contributed by atoms with E-state index in [0.717, 1.165) is 5.56 Å². The zero-order valence-electron chi connectivity index (χ0n) is 15.4. The molecule has 0 radical (unpaired) electrons. The Hall–Kier alpha value is -2.93. The first kappa shape index (κ1) is 20.4. The number of carbonyl (C=O) groups is 2. The SMILES string of the molecule is COCC(C)(CC(=O)O)NC(=O)c1ccc(-c2ccc(OC)cc2)cc1F. The quantitative estimate of drug-likeness (QED) is 0.741. The van der Waals surface area contributed by atoms with Gasteiger partial charge in [-0.1, -0.05) is 18.2 Å². The van der Waals surface area contributed by atoms with Gasteiger partial charge in [-0.25, -0.2) is 4.39 Å². The summed E-state index contributed by atoms with van der Waals surface area (Å²) in [6.45, 7) is 1.52. The lowest BCUT2D eigenvalue weighted by Crippen LogP contribution is -2.50. The van der Waals surface area contributed by atoms with Crippen LogP contribution in [0, 0.1) is 5.82 Å². The third-order valence-corrected chi connectivity index (χ3v) is 4.06. The van der Waals surface area contributed by atoms with E-state index in [-0.39, 0.29) is 18.6 Å². The van der Waals surface area contributed by atoms with Crippen LogP contribution in [0.15, 0.2) is 42.5 Å². The Labute approximate surface area is 156 Å². The number of halogens is 1. The maximum atomic E-state index is 14.5. The second-order valence-electron chi connectivity index (χ2n) is 6.44. The predicted octanol–water partition coefficient (Wildman–Crippen LogP) is 3.11. The smallest absolute Gasteiger partial charge is 0.305 e. The summed E-state index contributed by atoms with van der Waals surface area (Å²) in [5, 5.41) is 11.6. The first-order valence-electron chi connectivity index (χ1n) is 8.25. The van der Waals surface area contributed by atoms with Gasteiger partial charge >= 0.3 is 5.97 Å². The minimum Gasteiger partial charge on any atom is -0.497 e. The number of nitrogens with one attached hydrogen (secondary N) is 1. The van der Waals surface area contributed by atoms with Crippen molar-refractivity contribution in [3.63, 3.8) is 0 Å². The van der Waals surface area contributed by atoms with Crippen LogP contribution in [0.1, 0.15) is 23.7 Å². The fourth-order valence-corrected chi connectivity index (χ4v) is 2.79. The zero-order valence-corrected chi connectivity index (χ0v) is 15.4. The van der Waals surface area contributed by atoms with E-state index in [9.17, 15) is 14.0 Å². The number of carbonyl (C=O) groups excluding carboxylic acids is 1. The normalized spacial score (nSPS) is 12.9. The summed E-state index contributed by atoms with van der Waals surface area (Å²) in [6, 6.07) is 11.4. The molecule has 7 heteroatoms. The van der Waals surface area contributed by atoms with E-state index in [4.69, 9.17) is 14.6 Å². The van der Waals surface area contributed by atoms with Crippen molar-refractivity contribution < 1.29 is 28.6 Å². The van der Waals surface area contributed by atoms with E-state index in [0.29, 0.717) is 11.3 Å². The van der Waals surface area contributed by atoms with E-state index >= 15 is 0 Å². The van der Waals surface area contributed by atoms with E-state index in [1.807, 2.05) is 0 Å². The number of methoxy groups -OCH3 is 2. The Morgan fingerprint density at radius 1 is 1.11 bits per heavy atom. The molecule has 2 N–H and O–H groups in total. The molecule has 144 valence electrons. The summed E-state index contributed by atoms with van der Waals surface area (Å²) in [6.07, 6.45) is -0.349. The van der Waals surface area contributed by atoms with Crippen LogP contribution in [-0.4, -0.2) is 43.3 Å². The van der Waals surface area contributed by atoms with Gasteiger partial charge in [0.2, 0.25) is 0 Å². The summed E-state index contributed by atoms with van der Waals surface area (Å²) in [5.41, 5.74) is 0.0623. The first-order valence-corrected chi connectivity index (χ1v) is 8.25. The van der Waals surface area contributed by atoms with Gasteiger partial charge in [-0.2, -0.15) is 0 Å². The standard InChI is InChI=1S/C20H22FNO5/c1-20(12-26-2,11-18(23)24)22-19(25)16-9-6-14(10-17(16)21)13-4-7-15(27-3)8-5-13/h4-10H,11-12H2,1-3H3,(H,22,25)(H,23,24). The number of carboxylic acid groups (broad SMARTS) is 1. The van der Waals surface area contributed by atoms with Crippen molar-refractivity contribution in [3.8, 4) is 16.9 Å². The Balaban J connectivity index is 2.22. The monoisotopic (exact) mass is 375 g/mol. The van der Waals surface area contributed by atoms with Crippen LogP contribution < -0.4 is 10.1 Å². The summed E-state index contributed by atoms with van der Waals surface area (Å²) in [7, 11) is 2.96. The number of carboxylic acids is 1. The highest BCUT2D eigenvalue weighted by molar-refractivity contribution is 5.95. The van der Waals surface area contributed by atoms with Gasteiger partial charge in [0.1, 0.15) is 11.6 Å². The third kappa shape index (κ3) is 5.27. The number of hydrogen-bond donors (Lipinski definition) is 2. The molecule has 0 fully saturated rings. The Morgan fingerprint density at radius 3 is 2.26 bits per heavy atom. The molecular formula is C20H22FNO5. The number of hydrogen-bond acceptors (Lipinski definition) is 4. The number of benzene rings is 2. The lowest BCUT2D eigenvalue weighted by atomic mass is 9.97. The molecule has 27 heavy (non-hydrogen) atoms. The van der Waals surface area contributed by atoms with E-state index in [1.54, 1.807) is 37.4 Å². The number of rotatable bonds is 8. The Bertz CT molecular complexity index is 822. The largest absolute Gasteiger partial charge is 0.497 e. The van der Waals surface area contributed by atoms with Gasteiger partial charge in [-0.15, -0.1) is 0 Å². The Kier molecular flexibility index (Phi) is 6.52. The molecule has 0 aliphatic carbocycles. The average Bonchev–Trinajstić information content (AvgIpc) is 2.60. The zero-order chi connectivity index (χ0) is 20.0. The molecule has 1 amide bonds. The van der Waals surface area contributed by atoms with Crippen LogP contribution in [0.2, 0.25) is 0 Å². The molecule has 0 saturated carbocycles. The molecule has 0 heterocycles. The lowest BCUT2D eigenvalue weighted by molar-refractivity contribution is -0.139. The van der Waals surface area contributed by atoms with Crippen molar-refractivity contribution in [1.82, 2.24) is 5.32 Å². The molecule has 1 unspecified atom stereocenters. The molecule has 0 aliphatic heterocycles. The van der Waals surface area contributed by atoms with Crippen LogP contribution in [0.3, 0.4) is 0 Å². The maximum Gasteiger partial charge on any atom is 0.305 e. The van der Waals surface area contributed by atoms with Gasteiger partial charge in [-0.3, -0.25) is 9.59 Å². The van der Waals surface area contributed by atoms with Crippen molar-refractivity contribution in [2.45, 2.75) is 18.9 Å². The van der Waals surface area contributed by atoms with Crippen molar-refractivity contribution in [3.05, 3.63) is 53.8 Å². The molecule has 2 aromatic rings. The highest BCUT2D eigenvalue weighted by atomic mass is 19.1. The van der Waals surface area contributed by atoms with Gasteiger partial charge in [-0.05, 0) is 42.3 Å². The number of aliphatic carboxylic acids is 1. The van der Waals surface area contributed by atoms with E-state index < -0.39 is 23.2 Å². The van der Waals surface area contributed by atoms with Crippen LogP contribution in [0.25, 0.3) is 11.1 Å². The molecule has 1 atom stereocenters. The van der Waals surface area contributed by atoms with Crippen LogP contribution in [0.4, 0.5) is 4.39 Å². The van der Waals surface area contributed by atoms with Gasteiger partial charge in [0.05, 0.1) is 31.2 Å². The maximum absolute atomic E-state index is 14.5. The lowest BCUT2D eigenvalue weighted by Gasteiger charge is -2.28. The fraction of sp³-hybridized carbons (Fsp3) is 0.300. The molecular weight excluding hydrogens is 353 g/mol. The molecule has 0 bridgehead atoms. The van der Waals surface area contributed by atoms with Crippen molar-refractivity contribution in [1.29, 1.82) is 0 Å². The molecule has 2 aromatic carbocycles. The average molecular weight is 375 g/mol. The van der Waals surface area contributed by atoms with Crippen LogP contribution >= 0.6 is 0 Å². The molecule has 0 aliphatic rings. The highest BCUT2D eigenvalue weighted by Gasteiger charge is 2.30. The van der Waals surface area contributed by atoms with Crippen molar-refractivity contribution in [2.24, 2.45) is 0 Å². The number of ether oxygens (including phenoxy) is 2. The molecule has 0 spiro atoms. The second-order valence-corrected chi connectivity index (χ2v) is 6.44. The summed E-state index contributed by atoms with van der Waals surface area (Å²) >= 11 is 0. The molecule has 0 saturated heterocycles. The topological polar surface area (TPSA) is 84.9 Å². The molecule has 2 rings (SSSR count). The Morgan fingerprint density at radius 2 is 1.74 bits per heavy atom. The van der Waals surface area contributed by atoms with E-state index in [2.05, 4.69) is 5.32 Å². The van der Waals surface area contributed by atoms with Gasteiger partial charge in [0, 0.05) is 7.11 Å². The summed E-state index contributed by atoms with van der Waals surface area (Å²) in [4.78, 5) is 23.5. The van der Waals surface area contributed by atoms with Crippen LogP contribution in [-0.2, 0) is 9.53 Å². The van der Waals surface area contributed by atoms with E-state index in [1.165, 1.54) is 26.2 Å². The van der Waals surface area contributed by atoms with Crippen molar-refractivity contribution in [2.75, 3.05) is 20.8 Å². The van der Waals surface area contributed by atoms with Crippen molar-refractivity contribution >= 4 is 11.9 Å². The van der Waals surface area contributed by atoms with Gasteiger partial charge < -0.3 is 19.9 Å². The minimum atomic E-state index is -1.15. The third-order valence-electron chi connectivity index (χ3n) is 4.06. The minimum absolute atomic E-state index is 0.0173. The van der Waals surface area contributed by atoms with Gasteiger partial charge in [0.15, 0.2) is 0 Å². The molecule has 6 nitrogen and oxygen atoms in total. The first-order chi connectivity index (χ1) is 12.8. The van der Waals surface area contributed by atoms with Crippen LogP contribution in [0.5, 0.6) is 5.75 Å². The predicted molar refractivity (Wildman–Crippen MR) is 98.4 cm³/mol. The number of amides is 1. The van der Waals surface area contributed by atoms with Gasteiger partial charge in [0.25, 0.3) is 5.91 Å². The molecule has 0 aromatic heterocycles. The summed E-state index contributed by atoms with van der Waals surface area (Å²) in [5.74, 6) is -1.80. The summed E-state index contributed by atoms with van der Waals surface area (Å²) < 4.78 is 24.6. The highest BCUT2D eigenvalue weighted by Crippen LogP contribution is 2.24. The fourth-order valence-electron chi connectivity index (χ4n) is 2.79.